The Bertz CT molecular complexity index is 142. The molecule has 1 amide bonds. The van der Waals surface area contributed by atoms with Crippen LogP contribution in [-0.2, 0) is 4.79 Å². The molecule has 3 nitrogen and oxygen atoms in total. The number of thioether (sulfide) groups is 1. The van der Waals surface area contributed by atoms with Gasteiger partial charge in [-0.1, -0.05) is 13.3 Å². The van der Waals surface area contributed by atoms with E-state index >= 15 is 0 Å². The molecule has 0 radical (unpaired) electrons. The Balaban J connectivity index is 3.38. The van der Waals surface area contributed by atoms with Gasteiger partial charge in [0.25, 0.3) is 0 Å². The molecule has 0 saturated heterocycles. The summed E-state index contributed by atoms with van der Waals surface area (Å²) >= 11 is 1.79. The maximum absolute atomic E-state index is 11.3. The fraction of sp³-hybridized carbons (Fsp3) is 0.889. The molecule has 78 valence electrons. The zero-order valence-electron chi connectivity index (χ0n) is 8.51. The van der Waals surface area contributed by atoms with Crippen LogP contribution in [0.25, 0.3) is 0 Å². The highest BCUT2D eigenvalue weighted by atomic mass is 32.2. The third kappa shape index (κ3) is 6.90. The van der Waals surface area contributed by atoms with E-state index in [4.69, 9.17) is 5.73 Å². The summed E-state index contributed by atoms with van der Waals surface area (Å²) in [5.74, 6) is 1.08. The number of hydrogen-bond donors (Lipinski definition) is 2. The van der Waals surface area contributed by atoms with Gasteiger partial charge in [0.15, 0.2) is 0 Å². The average Bonchev–Trinajstić information content (AvgIpc) is 2.12. The van der Waals surface area contributed by atoms with E-state index in [1.165, 1.54) is 0 Å². The third-order valence-electron chi connectivity index (χ3n) is 1.76. The van der Waals surface area contributed by atoms with E-state index in [1.807, 2.05) is 6.92 Å². The van der Waals surface area contributed by atoms with Crippen LogP contribution in [0, 0.1) is 0 Å². The Labute approximate surface area is 84.8 Å². The van der Waals surface area contributed by atoms with Gasteiger partial charge in [-0.3, -0.25) is 4.79 Å². The van der Waals surface area contributed by atoms with Gasteiger partial charge in [-0.25, -0.2) is 0 Å². The highest BCUT2D eigenvalue weighted by molar-refractivity contribution is 7.98. The van der Waals surface area contributed by atoms with Crippen LogP contribution in [0.1, 0.15) is 26.2 Å². The predicted octanol–water partition coefficient (Wildman–Crippen LogP) is 0.983. The van der Waals surface area contributed by atoms with Crippen molar-refractivity contribution in [2.24, 2.45) is 5.73 Å². The maximum atomic E-state index is 11.3. The van der Waals surface area contributed by atoms with Crippen LogP contribution < -0.4 is 11.1 Å². The minimum atomic E-state index is -0.320. The standard InChI is InChI=1S/C9H20N2OS/c1-3-5-8(10)9(12)11-6-4-7-13-2/h8H,3-7,10H2,1-2H3,(H,11,12)/t8-/m1/s1. The lowest BCUT2D eigenvalue weighted by Crippen LogP contribution is -2.40. The second-order valence-corrected chi connectivity index (χ2v) is 4.02. The number of carbonyl (C=O) groups excluding carboxylic acids is 1. The number of amides is 1. The molecule has 13 heavy (non-hydrogen) atoms. The molecule has 1 atom stereocenters. The number of nitrogens with two attached hydrogens (primary N) is 1. The SMILES string of the molecule is CCC[C@@H](N)C(=O)NCCCSC. The van der Waals surface area contributed by atoms with Crippen LogP contribution in [0.5, 0.6) is 0 Å². The molecule has 0 aromatic rings. The number of hydrogen-bond acceptors (Lipinski definition) is 3. The quantitative estimate of drug-likeness (QED) is 0.608. The van der Waals surface area contributed by atoms with Crippen LogP contribution in [0.15, 0.2) is 0 Å². The molecular weight excluding hydrogens is 184 g/mol. The Morgan fingerprint density at radius 2 is 2.31 bits per heavy atom. The van der Waals surface area contributed by atoms with Gasteiger partial charge in [-0.05, 0) is 24.9 Å². The highest BCUT2D eigenvalue weighted by Crippen LogP contribution is 1.95. The van der Waals surface area contributed by atoms with Gasteiger partial charge < -0.3 is 11.1 Å². The molecule has 0 spiro atoms. The second kappa shape index (κ2) is 8.38. The summed E-state index contributed by atoms with van der Waals surface area (Å²) in [6, 6.07) is -0.320. The van der Waals surface area contributed by atoms with Gasteiger partial charge in [0.1, 0.15) is 0 Å². The molecule has 0 aliphatic heterocycles. The molecule has 0 rings (SSSR count). The van der Waals surface area contributed by atoms with E-state index in [-0.39, 0.29) is 11.9 Å². The summed E-state index contributed by atoms with van der Waals surface area (Å²) in [6.07, 6.45) is 4.81. The van der Waals surface area contributed by atoms with Crippen molar-refractivity contribution >= 4 is 17.7 Å². The van der Waals surface area contributed by atoms with Gasteiger partial charge in [-0.15, -0.1) is 0 Å². The lowest BCUT2D eigenvalue weighted by molar-refractivity contribution is -0.122. The van der Waals surface area contributed by atoms with Crippen molar-refractivity contribution in [2.75, 3.05) is 18.6 Å². The predicted molar refractivity (Wildman–Crippen MR) is 58.9 cm³/mol. The van der Waals surface area contributed by atoms with Gasteiger partial charge in [-0.2, -0.15) is 11.8 Å². The van der Waals surface area contributed by atoms with Crippen molar-refractivity contribution in [3.05, 3.63) is 0 Å². The summed E-state index contributed by atoms with van der Waals surface area (Å²) < 4.78 is 0. The summed E-state index contributed by atoms with van der Waals surface area (Å²) in [5.41, 5.74) is 5.63. The van der Waals surface area contributed by atoms with Crippen molar-refractivity contribution in [1.82, 2.24) is 5.32 Å². The van der Waals surface area contributed by atoms with E-state index in [0.717, 1.165) is 31.6 Å². The van der Waals surface area contributed by atoms with E-state index in [1.54, 1.807) is 11.8 Å². The third-order valence-corrected chi connectivity index (χ3v) is 2.46. The minimum absolute atomic E-state index is 0.0112. The van der Waals surface area contributed by atoms with E-state index < -0.39 is 0 Å². The first kappa shape index (κ1) is 12.8. The molecule has 0 saturated carbocycles. The first-order chi connectivity index (χ1) is 6.22. The lowest BCUT2D eigenvalue weighted by atomic mass is 10.2. The highest BCUT2D eigenvalue weighted by Gasteiger charge is 2.10. The zero-order chi connectivity index (χ0) is 10.1. The summed E-state index contributed by atoms with van der Waals surface area (Å²) in [7, 11) is 0. The summed E-state index contributed by atoms with van der Waals surface area (Å²) in [5, 5.41) is 2.82. The van der Waals surface area contributed by atoms with Crippen LogP contribution in [0.4, 0.5) is 0 Å². The molecule has 3 N–H and O–H groups in total. The molecular formula is C9H20N2OS. The van der Waals surface area contributed by atoms with Crippen LogP contribution >= 0.6 is 11.8 Å². The first-order valence-electron chi connectivity index (χ1n) is 4.74. The molecule has 0 aliphatic rings. The van der Waals surface area contributed by atoms with Crippen molar-refractivity contribution in [3.8, 4) is 0 Å². The van der Waals surface area contributed by atoms with Crippen LogP contribution in [0.2, 0.25) is 0 Å². The Morgan fingerprint density at radius 1 is 1.62 bits per heavy atom. The minimum Gasteiger partial charge on any atom is -0.355 e. The largest absolute Gasteiger partial charge is 0.355 e. The molecule has 0 aliphatic carbocycles. The van der Waals surface area contributed by atoms with Gasteiger partial charge in [0.05, 0.1) is 6.04 Å². The Hall–Kier alpha value is -0.220. The van der Waals surface area contributed by atoms with Gasteiger partial charge in [0.2, 0.25) is 5.91 Å². The van der Waals surface area contributed by atoms with Crippen LogP contribution in [0.3, 0.4) is 0 Å². The monoisotopic (exact) mass is 204 g/mol. The van der Waals surface area contributed by atoms with E-state index in [9.17, 15) is 4.79 Å². The van der Waals surface area contributed by atoms with Crippen LogP contribution in [-0.4, -0.2) is 30.5 Å². The van der Waals surface area contributed by atoms with E-state index in [0.29, 0.717) is 0 Å². The number of nitrogens with one attached hydrogen (secondary N) is 1. The molecule has 0 aromatic carbocycles. The molecule has 0 aromatic heterocycles. The van der Waals surface area contributed by atoms with Crippen molar-refractivity contribution in [3.63, 3.8) is 0 Å². The number of carbonyl (C=O) groups is 1. The fourth-order valence-electron chi connectivity index (χ4n) is 1.00. The van der Waals surface area contributed by atoms with Crippen molar-refractivity contribution in [1.29, 1.82) is 0 Å². The Kier molecular flexibility index (Phi) is 8.24. The topological polar surface area (TPSA) is 55.1 Å². The molecule has 0 bridgehead atoms. The zero-order valence-corrected chi connectivity index (χ0v) is 9.32. The maximum Gasteiger partial charge on any atom is 0.236 e. The average molecular weight is 204 g/mol. The summed E-state index contributed by atoms with van der Waals surface area (Å²) in [4.78, 5) is 11.3. The lowest BCUT2D eigenvalue weighted by Gasteiger charge is -2.10. The van der Waals surface area contributed by atoms with Crippen molar-refractivity contribution in [2.45, 2.75) is 32.2 Å². The molecule has 0 fully saturated rings. The fourth-order valence-corrected chi connectivity index (χ4v) is 1.43. The van der Waals surface area contributed by atoms with E-state index in [2.05, 4.69) is 11.6 Å². The summed E-state index contributed by atoms with van der Waals surface area (Å²) in [6.45, 7) is 2.78. The van der Waals surface area contributed by atoms with Gasteiger partial charge in [0, 0.05) is 6.54 Å². The number of rotatable bonds is 7. The van der Waals surface area contributed by atoms with Gasteiger partial charge >= 0.3 is 0 Å². The molecule has 0 heterocycles. The smallest absolute Gasteiger partial charge is 0.236 e. The first-order valence-corrected chi connectivity index (χ1v) is 6.14. The van der Waals surface area contributed by atoms with Crippen molar-refractivity contribution < 1.29 is 4.79 Å². The normalized spacial score (nSPS) is 12.5. The second-order valence-electron chi connectivity index (χ2n) is 3.03. The Morgan fingerprint density at radius 3 is 2.85 bits per heavy atom. The molecule has 4 heteroatoms. The molecule has 0 unspecified atom stereocenters.